The first-order chi connectivity index (χ1) is 2.00. The molecule has 0 atom stereocenters. The van der Waals surface area contributed by atoms with Crippen LogP contribution < -0.4 is 0 Å². The van der Waals surface area contributed by atoms with E-state index in [9.17, 15) is 0 Å². The van der Waals surface area contributed by atoms with Gasteiger partial charge >= 0.3 is 51.4 Å². The number of hydrogen-bond acceptors (Lipinski definition) is 1. The van der Waals surface area contributed by atoms with E-state index in [1.165, 1.54) is 0 Å². The summed E-state index contributed by atoms with van der Waals surface area (Å²) in [6, 6.07) is 0. The average molecular weight is 132 g/mol. The molecule has 42 valence electrons. The van der Waals surface area contributed by atoms with Crippen LogP contribution in [0.3, 0.4) is 0 Å². The molecular weight excluding hydrogens is 119 g/mol. The van der Waals surface area contributed by atoms with Crippen LogP contribution >= 0.6 is 0 Å². The summed E-state index contributed by atoms with van der Waals surface area (Å²) in [5, 5.41) is 8.52. The van der Waals surface area contributed by atoms with Crippen LogP contribution in [0.4, 0.5) is 0 Å². The zero-order valence-electron chi connectivity index (χ0n) is 4.45. The van der Waals surface area contributed by atoms with Crippen LogP contribution in [-0.4, -0.2) is 67.6 Å². The second-order valence-electron chi connectivity index (χ2n) is 2.17. The van der Waals surface area contributed by atoms with Crippen molar-refractivity contribution in [3.8, 4) is 0 Å². The van der Waals surface area contributed by atoms with Gasteiger partial charge in [-0.25, -0.2) is 0 Å². The van der Waals surface area contributed by atoms with Gasteiger partial charge in [-0.3, -0.25) is 0 Å². The fourth-order valence-corrected chi connectivity index (χ4v) is 0. The summed E-state index contributed by atoms with van der Waals surface area (Å²) in [5.74, 6) is 0. The second-order valence-corrected chi connectivity index (χ2v) is 2.17. The summed E-state index contributed by atoms with van der Waals surface area (Å²) >= 11 is 0. The monoisotopic (exact) mass is 132 g/mol. The Hall–Kier alpha value is 1.56. The molecule has 0 aliphatic rings. The van der Waals surface area contributed by atoms with Crippen molar-refractivity contribution in [1.29, 1.82) is 0 Å². The van der Waals surface area contributed by atoms with E-state index in [0.717, 1.165) is 0 Å². The van der Waals surface area contributed by atoms with E-state index in [2.05, 4.69) is 0 Å². The molecule has 0 saturated carbocycles. The number of aliphatic hydroxyl groups is 1. The molecule has 0 aliphatic carbocycles. The predicted octanol–water partition coefficient (Wildman–Crippen LogP) is -0.696. The van der Waals surface area contributed by atoms with Crippen LogP contribution in [0.15, 0.2) is 0 Å². The first-order valence-corrected chi connectivity index (χ1v) is 1.72. The normalized spacial score (nSPS) is 8.57. The Morgan fingerprint density at radius 3 is 1.14 bits per heavy atom. The van der Waals surface area contributed by atoms with Crippen LogP contribution in [0, 0.1) is 0 Å². The van der Waals surface area contributed by atoms with Gasteiger partial charge in [-0.15, -0.1) is 0 Å². The average Bonchev–Trinajstić information content (AvgIpc) is 0.722. The van der Waals surface area contributed by atoms with Gasteiger partial charge in [0.05, 0.1) is 5.60 Å². The summed E-state index contributed by atoms with van der Waals surface area (Å²) < 4.78 is 0. The molecule has 0 aromatic heterocycles. The van der Waals surface area contributed by atoms with Crippen molar-refractivity contribution in [1.82, 2.24) is 0 Å². The predicted molar refractivity (Wildman–Crippen MR) is 32.7 cm³/mol. The fraction of sp³-hybridized carbons (Fsp3) is 1.00. The Bertz CT molecular complexity index is 25.2. The first-order valence-electron chi connectivity index (χ1n) is 1.72. The molecule has 0 rings (SSSR count). The molecule has 2 nitrogen and oxygen atoms in total. The summed E-state index contributed by atoms with van der Waals surface area (Å²) in [5.41, 5.74) is -0.500. The summed E-state index contributed by atoms with van der Waals surface area (Å²) in [6.45, 7) is 5.23. The van der Waals surface area contributed by atoms with E-state index in [1.807, 2.05) is 0 Å². The number of hydrogen-bond donors (Lipinski definition) is 1. The van der Waals surface area contributed by atoms with Crippen molar-refractivity contribution in [3.05, 3.63) is 0 Å². The SMILES string of the molecule is CC(C)(C)O.O.[KH]. The first kappa shape index (κ1) is 15.8. The van der Waals surface area contributed by atoms with Crippen molar-refractivity contribution >= 4 is 51.4 Å². The maximum atomic E-state index is 8.52. The van der Waals surface area contributed by atoms with Crippen molar-refractivity contribution in [2.75, 3.05) is 0 Å². The van der Waals surface area contributed by atoms with E-state index < -0.39 is 5.60 Å². The van der Waals surface area contributed by atoms with Crippen LogP contribution in [0.25, 0.3) is 0 Å². The molecule has 0 unspecified atom stereocenters. The zero-order valence-corrected chi connectivity index (χ0v) is 4.45. The van der Waals surface area contributed by atoms with Crippen LogP contribution in [0.1, 0.15) is 20.8 Å². The molecular formula is C4H13KO2. The van der Waals surface area contributed by atoms with E-state index >= 15 is 0 Å². The summed E-state index contributed by atoms with van der Waals surface area (Å²) in [7, 11) is 0. The molecule has 0 radical (unpaired) electrons. The Morgan fingerprint density at radius 2 is 1.14 bits per heavy atom. The minimum atomic E-state index is -0.500. The molecule has 0 aliphatic heterocycles. The van der Waals surface area contributed by atoms with E-state index in [-0.39, 0.29) is 56.9 Å². The van der Waals surface area contributed by atoms with Gasteiger partial charge in [0.1, 0.15) is 0 Å². The zero-order chi connectivity index (χ0) is 4.50. The van der Waals surface area contributed by atoms with E-state index in [1.54, 1.807) is 20.8 Å². The minimum absolute atomic E-state index is 0. The topological polar surface area (TPSA) is 51.7 Å². The molecule has 0 aromatic carbocycles. The van der Waals surface area contributed by atoms with Crippen molar-refractivity contribution < 1.29 is 10.6 Å². The van der Waals surface area contributed by atoms with E-state index in [4.69, 9.17) is 5.11 Å². The van der Waals surface area contributed by atoms with Gasteiger partial charge in [-0.1, -0.05) is 0 Å². The Labute approximate surface area is 87.0 Å². The third-order valence-corrected chi connectivity index (χ3v) is 0. The quantitative estimate of drug-likeness (QED) is 0.436. The standard InChI is InChI=1S/C4H10O.K.H2O.H/c1-4(2,3)5;;;/h5H,1-3H3;;1H2;. The van der Waals surface area contributed by atoms with Crippen molar-refractivity contribution in [2.45, 2.75) is 26.4 Å². The van der Waals surface area contributed by atoms with Crippen molar-refractivity contribution in [2.24, 2.45) is 0 Å². The molecule has 0 amide bonds. The van der Waals surface area contributed by atoms with Gasteiger partial charge < -0.3 is 10.6 Å². The summed E-state index contributed by atoms with van der Waals surface area (Å²) in [6.07, 6.45) is 0. The molecule has 3 N–H and O–H groups in total. The van der Waals surface area contributed by atoms with Gasteiger partial charge in [-0.2, -0.15) is 0 Å². The third kappa shape index (κ3) is 96.3. The molecule has 0 bridgehead atoms. The summed E-state index contributed by atoms with van der Waals surface area (Å²) in [4.78, 5) is 0. The van der Waals surface area contributed by atoms with Gasteiger partial charge in [0.25, 0.3) is 0 Å². The van der Waals surface area contributed by atoms with Gasteiger partial charge in [-0.05, 0) is 20.8 Å². The second kappa shape index (κ2) is 5.69. The van der Waals surface area contributed by atoms with E-state index in [0.29, 0.717) is 0 Å². The Kier molecular flexibility index (Phi) is 12.9. The fourth-order valence-electron chi connectivity index (χ4n) is 0. The van der Waals surface area contributed by atoms with Gasteiger partial charge in [0, 0.05) is 0 Å². The van der Waals surface area contributed by atoms with Gasteiger partial charge in [0.2, 0.25) is 0 Å². The molecule has 0 aromatic rings. The number of rotatable bonds is 0. The molecule has 0 saturated heterocycles. The molecule has 0 spiro atoms. The van der Waals surface area contributed by atoms with Crippen LogP contribution in [0.2, 0.25) is 0 Å². The van der Waals surface area contributed by atoms with Crippen LogP contribution in [0.5, 0.6) is 0 Å². The Balaban J connectivity index is -0.0000000800. The molecule has 7 heavy (non-hydrogen) atoms. The van der Waals surface area contributed by atoms with Crippen LogP contribution in [-0.2, 0) is 0 Å². The Morgan fingerprint density at radius 1 is 1.14 bits per heavy atom. The van der Waals surface area contributed by atoms with Crippen molar-refractivity contribution in [3.63, 3.8) is 0 Å². The molecule has 0 fully saturated rings. The molecule has 0 heterocycles. The third-order valence-electron chi connectivity index (χ3n) is 0. The maximum absolute atomic E-state index is 8.52. The van der Waals surface area contributed by atoms with Gasteiger partial charge in [0.15, 0.2) is 0 Å². The molecule has 3 heteroatoms.